The zero-order chi connectivity index (χ0) is 29.8. The molecule has 2 aromatic heterocycles. The molecule has 0 bridgehead atoms. The lowest BCUT2D eigenvalue weighted by molar-refractivity contribution is 0.213. The molecule has 5 aromatic rings. The average molecular weight is 573 g/mol. The minimum Gasteiger partial charge on any atom is -0.493 e. The van der Waals surface area contributed by atoms with E-state index in [1.165, 1.54) is 37.1 Å². The molecule has 0 saturated carbocycles. The van der Waals surface area contributed by atoms with E-state index in [9.17, 15) is 14.4 Å². The molecule has 0 aliphatic heterocycles. The van der Waals surface area contributed by atoms with Gasteiger partial charge < -0.3 is 18.9 Å². The van der Waals surface area contributed by atoms with Gasteiger partial charge in [-0.25, -0.2) is 18.5 Å². The second-order valence-electron chi connectivity index (χ2n) is 8.83. The number of rotatable bonds is 8. The number of aryl methyl sites for hydroxylation is 1. The van der Waals surface area contributed by atoms with Crippen molar-refractivity contribution in [1.82, 2.24) is 14.1 Å². The number of fused-ring (bicyclic) bond motifs is 1. The maximum atomic E-state index is 15.1. The van der Waals surface area contributed by atoms with Gasteiger partial charge >= 0.3 is 17.3 Å². The highest BCUT2D eigenvalue weighted by Crippen LogP contribution is 2.37. The summed E-state index contributed by atoms with van der Waals surface area (Å²) in [5.74, 6) is -0.0152. The van der Waals surface area contributed by atoms with E-state index in [1.54, 1.807) is 55.5 Å². The van der Waals surface area contributed by atoms with Crippen molar-refractivity contribution in [2.45, 2.75) is 13.5 Å². The number of ether oxygens (including phenoxy) is 4. The fourth-order valence-corrected chi connectivity index (χ4v) is 4.24. The van der Waals surface area contributed by atoms with Crippen molar-refractivity contribution >= 4 is 22.7 Å². The molecule has 5 rings (SSSR count). The lowest BCUT2D eigenvalue weighted by Crippen LogP contribution is -2.39. The first-order chi connectivity index (χ1) is 20.3. The lowest BCUT2D eigenvalue weighted by Gasteiger charge is -2.14. The maximum absolute atomic E-state index is 15.1. The van der Waals surface area contributed by atoms with Gasteiger partial charge in [-0.05, 0) is 43.3 Å². The van der Waals surface area contributed by atoms with Crippen LogP contribution in [0.5, 0.6) is 28.7 Å². The highest BCUT2D eigenvalue weighted by Gasteiger charge is 2.18. The van der Waals surface area contributed by atoms with Crippen molar-refractivity contribution in [3.05, 3.63) is 106 Å². The number of pyridine rings is 1. The Hall–Kier alpha value is -5.65. The van der Waals surface area contributed by atoms with Gasteiger partial charge in [0.25, 0.3) is 0 Å². The molecule has 0 atom stereocenters. The van der Waals surface area contributed by atoms with E-state index >= 15 is 4.39 Å². The number of hydrogen-bond donors (Lipinski definition) is 1. The molecule has 11 nitrogen and oxygen atoms in total. The number of carbonyl (C=O) groups is 1. The largest absolute Gasteiger partial charge is 0.493 e. The minimum atomic E-state index is -1.05. The Morgan fingerprint density at radius 2 is 1.64 bits per heavy atom. The van der Waals surface area contributed by atoms with Gasteiger partial charge in [0.2, 0.25) is 5.75 Å². The summed E-state index contributed by atoms with van der Waals surface area (Å²) in [6.07, 6.45) is 1.62. The Kier molecular flexibility index (Phi) is 7.87. The molecule has 0 saturated heterocycles. The molecule has 0 unspecified atom stereocenters. The van der Waals surface area contributed by atoms with Crippen LogP contribution in [0, 0.1) is 5.82 Å². The third kappa shape index (κ3) is 5.50. The summed E-state index contributed by atoms with van der Waals surface area (Å²) >= 11 is 0. The first-order valence-corrected chi connectivity index (χ1v) is 12.7. The van der Waals surface area contributed by atoms with Crippen molar-refractivity contribution in [1.29, 1.82) is 0 Å². The third-order valence-electron chi connectivity index (χ3n) is 6.29. The van der Waals surface area contributed by atoms with Crippen LogP contribution >= 0.6 is 0 Å². The van der Waals surface area contributed by atoms with Gasteiger partial charge in [0, 0.05) is 35.9 Å². The van der Waals surface area contributed by atoms with E-state index in [2.05, 4.69) is 10.3 Å². The van der Waals surface area contributed by atoms with Gasteiger partial charge in [0.15, 0.2) is 23.1 Å². The topological polar surface area (TPSA) is 123 Å². The molecule has 1 N–H and O–H groups in total. The minimum absolute atomic E-state index is 0.0445. The van der Waals surface area contributed by atoms with Crippen LogP contribution in [0.15, 0.2) is 88.7 Å². The van der Waals surface area contributed by atoms with E-state index in [0.717, 1.165) is 16.8 Å². The normalized spacial score (nSPS) is 10.8. The van der Waals surface area contributed by atoms with Crippen LogP contribution in [-0.2, 0) is 6.54 Å². The van der Waals surface area contributed by atoms with E-state index in [1.807, 2.05) is 0 Å². The highest BCUT2D eigenvalue weighted by atomic mass is 19.1. The van der Waals surface area contributed by atoms with E-state index < -0.39 is 23.2 Å². The highest BCUT2D eigenvalue weighted by molar-refractivity contribution is 5.88. The van der Waals surface area contributed by atoms with Crippen LogP contribution in [0.3, 0.4) is 0 Å². The van der Waals surface area contributed by atoms with Gasteiger partial charge in [-0.15, -0.1) is 0 Å². The quantitative estimate of drug-likeness (QED) is 0.272. The second-order valence-corrected chi connectivity index (χ2v) is 8.83. The zero-order valence-corrected chi connectivity index (χ0v) is 22.8. The Balaban J connectivity index is 1.36. The van der Waals surface area contributed by atoms with Gasteiger partial charge in [0.1, 0.15) is 5.75 Å². The molecule has 0 radical (unpaired) electrons. The predicted octanol–water partition coefficient (Wildman–Crippen LogP) is 5.13. The summed E-state index contributed by atoms with van der Waals surface area (Å²) < 4.78 is 38.9. The number of methoxy groups -OCH3 is 2. The molecule has 42 heavy (non-hydrogen) atoms. The number of benzene rings is 3. The van der Waals surface area contributed by atoms with Crippen LogP contribution in [0.4, 0.5) is 14.9 Å². The number of nitrogens with zero attached hydrogens (tertiary/aromatic N) is 3. The van der Waals surface area contributed by atoms with Crippen LogP contribution in [0.2, 0.25) is 0 Å². The van der Waals surface area contributed by atoms with Crippen LogP contribution in [0.25, 0.3) is 16.6 Å². The Labute approximate surface area is 238 Å². The molecule has 0 spiro atoms. The first kappa shape index (κ1) is 27.9. The SMILES string of the molecule is CCn1cc(OC(=O)Nc2ccc(Oc3ccnc4cc(OC)c(OC)cc34)c(F)c2)c(=O)n(-c2ccccc2)c1=O. The molecule has 0 aliphatic carbocycles. The van der Waals surface area contributed by atoms with Crippen molar-refractivity contribution in [2.75, 3.05) is 19.5 Å². The van der Waals surface area contributed by atoms with E-state index in [0.29, 0.717) is 33.8 Å². The summed E-state index contributed by atoms with van der Waals surface area (Å²) in [5.41, 5.74) is -0.494. The summed E-state index contributed by atoms with van der Waals surface area (Å²) in [4.78, 5) is 42.8. The van der Waals surface area contributed by atoms with Crippen molar-refractivity contribution < 1.29 is 28.1 Å². The summed E-state index contributed by atoms with van der Waals surface area (Å²) in [6.45, 7) is 1.93. The smallest absolute Gasteiger partial charge is 0.417 e. The third-order valence-corrected chi connectivity index (χ3v) is 6.29. The van der Waals surface area contributed by atoms with Gasteiger partial charge in [0.05, 0.1) is 31.6 Å². The summed E-state index contributed by atoms with van der Waals surface area (Å²) in [7, 11) is 3.01. The fraction of sp³-hybridized carbons (Fsp3) is 0.133. The van der Waals surface area contributed by atoms with Crippen LogP contribution in [-0.4, -0.2) is 34.4 Å². The van der Waals surface area contributed by atoms with Crippen molar-refractivity contribution in [3.63, 3.8) is 0 Å². The average Bonchev–Trinajstić information content (AvgIpc) is 3.00. The van der Waals surface area contributed by atoms with Gasteiger partial charge in [-0.1, -0.05) is 18.2 Å². The molecule has 0 aliphatic rings. The number of anilines is 1. The zero-order valence-electron chi connectivity index (χ0n) is 22.8. The number of halogens is 1. The predicted molar refractivity (Wildman–Crippen MR) is 153 cm³/mol. The summed E-state index contributed by atoms with van der Waals surface area (Å²) in [6, 6.07) is 17.0. The molecule has 12 heteroatoms. The van der Waals surface area contributed by atoms with Crippen molar-refractivity contribution in [2.24, 2.45) is 0 Å². The van der Waals surface area contributed by atoms with E-state index in [4.69, 9.17) is 18.9 Å². The Bertz CT molecular complexity index is 1900. The number of amides is 1. The number of nitrogens with one attached hydrogen (secondary N) is 1. The van der Waals surface area contributed by atoms with Crippen LogP contribution in [0.1, 0.15) is 6.92 Å². The Morgan fingerprint density at radius 1 is 0.905 bits per heavy atom. The fourth-order valence-electron chi connectivity index (χ4n) is 4.24. The molecule has 1 amide bonds. The van der Waals surface area contributed by atoms with Gasteiger partial charge in [-0.2, -0.15) is 0 Å². The Morgan fingerprint density at radius 3 is 2.33 bits per heavy atom. The standard InChI is InChI=1S/C30H25FN4O7/c1-4-34-17-27(28(36)35(30(34)38)19-8-6-5-7-9-19)42-29(37)33-18-10-11-24(21(31)14-18)41-23-12-13-32-22-16-26(40-3)25(39-2)15-20(22)23/h5-17H,4H2,1-3H3,(H,33,37). The first-order valence-electron chi connectivity index (χ1n) is 12.7. The van der Waals surface area contributed by atoms with Gasteiger partial charge in [-0.3, -0.25) is 19.7 Å². The molecule has 3 aromatic carbocycles. The van der Waals surface area contributed by atoms with Crippen molar-refractivity contribution in [3.8, 4) is 34.4 Å². The summed E-state index contributed by atoms with van der Waals surface area (Å²) in [5, 5.41) is 2.95. The number of hydrogen-bond acceptors (Lipinski definition) is 8. The van der Waals surface area contributed by atoms with Crippen LogP contribution < -0.4 is 35.5 Å². The number of aromatic nitrogens is 3. The number of para-hydroxylation sites is 1. The molecular formula is C30H25FN4O7. The van der Waals surface area contributed by atoms with E-state index in [-0.39, 0.29) is 23.7 Å². The lowest BCUT2D eigenvalue weighted by atomic mass is 10.2. The molecule has 214 valence electrons. The number of carbonyl (C=O) groups excluding carboxylic acids is 1. The maximum Gasteiger partial charge on any atom is 0.417 e. The monoisotopic (exact) mass is 572 g/mol. The molecule has 0 fully saturated rings. The molecular weight excluding hydrogens is 547 g/mol. The molecule has 2 heterocycles. The second kappa shape index (κ2) is 11.8.